The second-order valence-corrected chi connectivity index (χ2v) is 8.27. The van der Waals surface area contributed by atoms with Crippen LogP contribution < -0.4 is 0 Å². The summed E-state index contributed by atoms with van der Waals surface area (Å²) in [5.74, 6) is -0.0212. The second kappa shape index (κ2) is 8.39. The van der Waals surface area contributed by atoms with Crippen molar-refractivity contribution in [2.45, 2.75) is 64.1 Å². The van der Waals surface area contributed by atoms with Crippen LogP contribution in [0.2, 0.25) is 0 Å². The van der Waals surface area contributed by atoms with Gasteiger partial charge in [0, 0.05) is 36.9 Å². The monoisotopic (exact) mass is 408 g/mol. The van der Waals surface area contributed by atoms with Crippen LogP contribution in [0.25, 0.3) is 10.9 Å². The van der Waals surface area contributed by atoms with Crippen LogP contribution in [-0.4, -0.2) is 56.6 Å². The second-order valence-electron chi connectivity index (χ2n) is 8.27. The zero-order valence-corrected chi connectivity index (χ0v) is 17.4. The predicted octanol–water partition coefficient (Wildman–Crippen LogP) is 3.60. The van der Waals surface area contributed by atoms with Crippen LogP contribution in [0, 0.1) is 11.3 Å². The molecule has 0 aliphatic carbocycles. The Hall–Kier alpha value is -3.01. The van der Waals surface area contributed by atoms with E-state index in [2.05, 4.69) is 23.6 Å². The van der Waals surface area contributed by atoms with Crippen LogP contribution in [0.3, 0.4) is 0 Å². The van der Waals surface area contributed by atoms with Crippen molar-refractivity contribution in [3.8, 4) is 6.07 Å². The zero-order valence-electron chi connectivity index (χ0n) is 17.4. The molecular formula is C23H28N4O3. The lowest BCUT2D eigenvalue weighted by Crippen LogP contribution is -2.49. The number of carbonyl (C=O) groups excluding carboxylic acids is 1. The van der Waals surface area contributed by atoms with Crippen molar-refractivity contribution in [3.63, 3.8) is 0 Å². The van der Waals surface area contributed by atoms with E-state index in [4.69, 9.17) is 0 Å². The highest BCUT2D eigenvalue weighted by Gasteiger charge is 2.39. The molecule has 0 saturated carbocycles. The molecule has 0 radical (unpaired) electrons. The molecule has 7 nitrogen and oxygen atoms in total. The SMILES string of the molecule is CCn1c(CC[C@@H]2CCCN2C(=O)[C@@H]2CCCN2C(=O)O)cc2ccc(C#N)cc21. The number of likely N-dealkylation sites (tertiary alicyclic amines) is 2. The van der Waals surface area contributed by atoms with Gasteiger partial charge in [-0.3, -0.25) is 9.69 Å². The van der Waals surface area contributed by atoms with E-state index in [-0.39, 0.29) is 11.9 Å². The van der Waals surface area contributed by atoms with Gasteiger partial charge in [-0.05, 0) is 69.0 Å². The Morgan fingerprint density at radius 3 is 2.67 bits per heavy atom. The van der Waals surface area contributed by atoms with E-state index in [1.807, 2.05) is 23.1 Å². The van der Waals surface area contributed by atoms with Gasteiger partial charge in [0.2, 0.25) is 5.91 Å². The third-order valence-electron chi connectivity index (χ3n) is 6.61. The van der Waals surface area contributed by atoms with Gasteiger partial charge in [0.25, 0.3) is 0 Å². The summed E-state index contributed by atoms with van der Waals surface area (Å²) in [6.07, 6.45) is 4.04. The van der Waals surface area contributed by atoms with Crippen LogP contribution in [0.4, 0.5) is 4.79 Å². The maximum Gasteiger partial charge on any atom is 0.407 e. The normalized spacial score (nSPS) is 21.3. The minimum Gasteiger partial charge on any atom is -0.465 e. The van der Waals surface area contributed by atoms with Crippen molar-refractivity contribution >= 4 is 22.9 Å². The number of amides is 2. The number of fused-ring (bicyclic) bond motifs is 1. The van der Waals surface area contributed by atoms with Crippen LogP contribution >= 0.6 is 0 Å². The summed E-state index contributed by atoms with van der Waals surface area (Å²) >= 11 is 0. The van der Waals surface area contributed by atoms with Crippen molar-refractivity contribution in [2.24, 2.45) is 0 Å². The lowest BCUT2D eigenvalue weighted by atomic mass is 10.1. The Bertz CT molecular complexity index is 1010. The molecule has 2 atom stereocenters. The Labute approximate surface area is 176 Å². The van der Waals surface area contributed by atoms with Gasteiger partial charge in [-0.1, -0.05) is 6.07 Å². The summed E-state index contributed by atoms with van der Waals surface area (Å²) in [4.78, 5) is 27.8. The van der Waals surface area contributed by atoms with Gasteiger partial charge >= 0.3 is 6.09 Å². The average molecular weight is 409 g/mol. The summed E-state index contributed by atoms with van der Waals surface area (Å²) in [6.45, 7) is 4.10. The number of aromatic nitrogens is 1. The smallest absolute Gasteiger partial charge is 0.407 e. The van der Waals surface area contributed by atoms with Gasteiger partial charge in [-0.2, -0.15) is 5.26 Å². The maximum atomic E-state index is 13.1. The van der Waals surface area contributed by atoms with E-state index in [1.54, 1.807) is 0 Å². The standard InChI is InChI=1S/C23H28N4O3/c1-2-25-19(14-17-8-7-16(15-24)13-21(17)25)10-9-18-5-3-11-26(18)22(28)20-6-4-12-27(20)23(29)30/h7-8,13-14,18,20H,2-6,9-12H2,1H3,(H,29,30)/t18-,20-/m0/s1. The van der Waals surface area contributed by atoms with Gasteiger partial charge in [0.15, 0.2) is 0 Å². The third kappa shape index (κ3) is 3.62. The minimum absolute atomic E-state index is 0.0212. The lowest BCUT2D eigenvalue weighted by Gasteiger charge is -2.30. The van der Waals surface area contributed by atoms with Gasteiger partial charge in [0.05, 0.1) is 11.6 Å². The number of nitriles is 1. The molecule has 0 unspecified atom stereocenters. The molecule has 3 heterocycles. The fourth-order valence-electron chi connectivity index (χ4n) is 5.15. The maximum absolute atomic E-state index is 13.1. The fourth-order valence-corrected chi connectivity index (χ4v) is 5.15. The molecular weight excluding hydrogens is 380 g/mol. The van der Waals surface area contributed by atoms with Gasteiger partial charge < -0.3 is 14.6 Å². The Kier molecular flexibility index (Phi) is 5.67. The molecule has 2 amide bonds. The Balaban J connectivity index is 1.49. The number of benzene rings is 1. The zero-order chi connectivity index (χ0) is 21.3. The fraction of sp³-hybridized carbons (Fsp3) is 0.522. The van der Waals surface area contributed by atoms with Crippen molar-refractivity contribution in [2.75, 3.05) is 13.1 Å². The van der Waals surface area contributed by atoms with E-state index in [9.17, 15) is 20.0 Å². The van der Waals surface area contributed by atoms with Crippen molar-refractivity contribution < 1.29 is 14.7 Å². The molecule has 158 valence electrons. The molecule has 4 rings (SSSR count). The van der Waals surface area contributed by atoms with E-state index in [0.29, 0.717) is 18.5 Å². The molecule has 2 aliphatic rings. The van der Waals surface area contributed by atoms with Crippen molar-refractivity contribution in [1.29, 1.82) is 5.26 Å². The topological polar surface area (TPSA) is 89.6 Å². The number of aryl methyl sites for hydroxylation is 2. The van der Waals surface area contributed by atoms with Crippen LogP contribution in [0.15, 0.2) is 24.3 Å². The van der Waals surface area contributed by atoms with E-state index in [1.165, 1.54) is 10.6 Å². The number of carbonyl (C=O) groups is 2. The van der Waals surface area contributed by atoms with Gasteiger partial charge in [-0.25, -0.2) is 4.79 Å². The first kappa shape index (κ1) is 20.3. The predicted molar refractivity (Wildman–Crippen MR) is 113 cm³/mol. The Morgan fingerprint density at radius 1 is 1.17 bits per heavy atom. The van der Waals surface area contributed by atoms with Gasteiger partial charge in [-0.15, -0.1) is 0 Å². The number of hydrogen-bond acceptors (Lipinski definition) is 3. The van der Waals surface area contributed by atoms with Crippen molar-refractivity contribution in [3.05, 3.63) is 35.5 Å². The molecule has 1 aromatic carbocycles. The van der Waals surface area contributed by atoms with Crippen molar-refractivity contribution in [1.82, 2.24) is 14.4 Å². The number of carboxylic acid groups (broad SMARTS) is 1. The molecule has 1 N–H and O–H groups in total. The lowest BCUT2D eigenvalue weighted by molar-refractivity contribution is -0.136. The van der Waals surface area contributed by atoms with Crippen LogP contribution in [0.1, 0.15) is 50.3 Å². The van der Waals surface area contributed by atoms with Crippen LogP contribution in [-0.2, 0) is 17.8 Å². The molecule has 2 fully saturated rings. The largest absolute Gasteiger partial charge is 0.465 e. The number of nitrogens with zero attached hydrogens (tertiary/aromatic N) is 4. The first-order chi connectivity index (χ1) is 14.5. The molecule has 7 heteroatoms. The molecule has 2 aromatic rings. The highest BCUT2D eigenvalue weighted by Crippen LogP contribution is 2.28. The quantitative estimate of drug-likeness (QED) is 0.819. The summed E-state index contributed by atoms with van der Waals surface area (Å²) in [5, 5.41) is 19.7. The summed E-state index contributed by atoms with van der Waals surface area (Å²) < 4.78 is 2.25. The highest BCUT2D eigenvalue weighted by molar-refractivity contribution is 5.86. The molecule has 1 aromatic heterocycles. The summed E-state index contributed by atoms with van der Waals surface area (Å²) in [6, 6.07) is 9.82. The number of hydrogen-bond donors (Lipinski definition) is 1. The first-order valence-corrected chi connectivity index (χ1v) is 10.9. The molecule has 30 heavy (non-hydrogen) atoms. The van der Waals surface area contributed by atoms with E-state index >= 15 is 0 Å². The number of rotatable bonds is 5. The molecule has 0 bridgehead atoms. The van der Waals surface area contributed by atoms with Crippen LogP contribution in [0.5, 0.6) is 0 Å². The summed E-state index contributed by atoms with van der Waals surface area (Å²) in [5.41, 5.74) is 2.96. The molecule has 2 saturated heterocycles. The molecule has 2 aliphatic heterocycles. The highest BCUT2D eigenvalue weighted by atomic mass is 16.4. The first-order valence-electron chi connectivity index (χ1n) is 10.9. The summed E-state index contributed by atoms with van der Waals surface area (Å²) in [7, 11) is 0. The Morgan fingerprint density at radius 2 is 1.93 bits per heavy atom. The minimum atomic E-state index is -0.995. The molecule has 0 spiro atoms. The van der Waals surface area contributed by atoms with Gasteiger partial charge in [0.1, 0.15) is 6.04 Å². The third-order valence-corrected chi connectivity index (χ3v) is 6.61. The average Bonchev–Trinajstić information content (AvgIpc) is 3.48. The van der Waals surface area contributed by atoms with E-state index in [0.717, 1.165) is 56.1 Å². The van der Waals surface area contributed by atoms with E-state index < -0.39 is 12.1 Å².